The zero-order chi connectivity index (χ0) is 32.4. The summed E-state index contributed by atoms with van der Waals surface area (Å²) in [6, 6.07) is 25.1. The van der Waals surface area contributed by atoms with E-state index in [0.717, 1.165) is 61.2 Å². The molecule has 5 aromatic carbocycles. The third-order valence-electron chi connectivity index (χ3n) is 9.42. The van der Waals surface area contributed by atoms with Crippen molar-refractivity contribution < 1.29 is 33.6 Å². The molecule has 0 saturated carbocycles. The fourth-order valence-corrected chi connectivity index (χ4v) is 7.10. The molecule has 7 heteroatoms. The Morgan fingerprint density at radius 2 is 1.28 bits per heavy atom. The van der Waals surface area contributed by atoms with Gasteiger partial charge in [0.2, 0.25) is 0 Å². The largest absolute Gasteiger partial charge is 0.497 e. The smallest absolute Gasteiger partial charge is 0.335 e. The number of fused-ring (bicyclic) bond motifs is 8. The maximum Gasteiger partial charge on any atom is 0.335 e. The molecule has 0 unspecified atom stereocenters. The summed E-state index contributed by atoms with van der Waals surface area (Å²) < 4.78 is 29.9. The van der Waals surface area contributed by atoms with E-state index in [2.05, 4.69) is 26.0 Å². The summed E-state index contributed by atoms with van der Waals surface area (Å²) in [5.41, 5.74) is 5.53. The Hall–Kier alpha value is -5.43. The highest BCUT2D eigenvalue weighted by molar-refractivity contribution is 6.10. The quantitative estimate of drug-likeness (QED) is 0.198. The monoisotopic (exact) mass is 614 g/mol. The Kier molecular flexibility index (Phi) is 6.74. The van der Waals surface area contributed by atoms with Crippen molar-refractivity contribution in [3.05, 3.63) is 118 Å². The van der Waals surface area contributed by atoms with Crippen molar-refractivity contribution in [3.63, 3.8) is 0 Å². The van der Waals surface area contributed by atoms with Gasteiger partial charge in [0.05, 0.1) is 34.0 Å². The van der Waals surface area contributed by atoms with Gasteiger partial charge in [-0.3, -0.25) is 0 Å². The van der Waals surface area contributed by atoms with Crippen molar-refractivity contribution in [2.24, 2.45) is 0 Å². The summed E-state index contributed by atoms with van der Waals surface area (Å²) >= 11 is 0. The first kappa shape index (κ1) is 29.3. The minimum atomic E-state index is -0.994. The van der Waals surface area contributed by atoms with Crippen LogP contribution < -0.4 is 23.7 Å². The lowest BCUT2D eigenvalue weighted by Crippen LogP contribution is -2.35. The Labute approximate surface area is 267 Å². The standard InChI is InChI=1S/C39H34O7/c1-38(2)31-19-22(37(40)41)7-16-27(31)34-29-20-32(44-5)33(45-6)21-30(29)36-28(35(34)38)17-18-39(46-36,23-8-12-25(42-3)13-9-23)24-10-14-26(43-4)15-11-24/h7-21H,1-6H3,(H,40,41). The number of rotatable bonds is 7. The number of methoxy groups -OCH3 is 4. The van der Waals surface area contributed by atoms with Crippen LogP contribution in [0.2, 0.25) is 0 Å². The molecule has 0 fully saturated rings. The van der Waals surface area contributed by atoms with E-state index in [0.29, 0.717) is 17.2 Å². The average molecular weight is 615 g/mol. The maximum absolute atomic E-state index is 12.0. The summed E-state index contributed by atoms with van der Waals surface area (Å²) in [5, 5.41) is 11.6. The van der Waals surface area contributed by atoms with Gasteiger partial charge in [-0.2, -0.15) is 0 Å². The predicted molar refractivity (Wildman–Crippen MR) is 178 cm³/mol. The Bertz CT molecular complexity index is 2010. The van der Waals surface area contributed by atoms with Crippen LogP contribution in [0.5, 0.6) is 28.7 Å². The van der Waals surface area contributed by atoms with E-state index in [1.807, 2.05) is 66.7 Å². The van der Waals surface area contributed by atoms with E-state index >= 15 is 0 Å². The molecule has 1 N–H and O–H groups in total. The molecule has 7 nitrogen and oxygen atoms in total. The highest BCUT2D eigenvalue weighted by Gasteiger charge is 2.44. The van der Waals surface area contributed by atoms with Crippen LogP contribution in [-0.2, 0) is 11.0 Å². The van der Waals surface area contributed by atoms with Gasteiger partial charge in [-0.15, -0.1) is 0 Å². The van der Waals surface area contributed by atoms with Gasteiger partial charge in [0.1, 0.15) is 17.2 Å². The molecule has 0 radical (unpaired) electrons. The minimum Gasteiger partial charge on any atom is -0.497 e. The molecule has 0 aromatic heterocycles. The molecular formula is C39H34O7. The second-order valence-electron chi connectivity index (χ2n) is 12.1. The SMILES string of the molecule is COc1ccc(C2(c3ccc(OC)cc3)C=Cc3c4c(c5cc(OC)c(OC)cc5c3O2)-c2ccc(C(=O)O)cc2C4(C)C)cc1. The summed E-state index contributed by atoms with van der Waals surface area (Å²) in [6.45, 7) is 4.28. The van der Waals surface area contributed by atoms with Gasteiger partial charge >= 0.3 is 5.97 Å². The molecule has 0 saturated heterocycles. The first-order chi connectivity index (χ1) is 22.2. The van der Waals surface area contributed by atoms with Crippen molar-refractivity contribution in [3.8, 4) is 39.9 Å². The first-order valence-electron chi connectivity index (χ1n) is 15.0. The van der Waals surface area contributed by atoms with Crippen LogP contribution in [-0.4, -0.2) is 39.5 Å². The van der Waals surface area contributed by atoms with E-state index in [-0.39, 0.29) is 5.56 Å². The average Bonchev–Trinajstić information content (AvgIpc) is 3.33. The van der Waals surface area contributed by atoms with Crippen molar-refractivity contribution in [2.45, 2.75) is 24.9 Å². The number of carbonyl (C=O) groups is 1. The maximum atomic E-state index is 12.0. The Morgan fingerprint density at radius 3 is 1.80 bits per heavy atom. The fraction of sp³-hybridized carbons (Fsp3) is 0.205. The Morgan fingerprint density at radius 1 is 0.717 bits per heavy atom. The zero-order valence-corrected chi connectivity index (χ0v) is 26.6. The molecule has 5 aromatic rings. The second kappa shape index (κ2) is 10.6. The van der Waals surface area contributed by atoms with Gasteiger partial charge in [0, 0.05) is 27.5 Å². The number of benzene rings is 5. The van der Waals surface area contributed by atoms with Crippen molar-refractivity contribution in [1.29, 1.82) is 0 Å². The third-order valence-corrected chi connectivity index (χ3v) is 9.42. The van der Waals surface area contributed by atoms with E-state index in [4.69, 9.17) is 23.7 Å². The van der Waals surface area contributed by atoms with Gasteiger partial charge in [-0.25, -0.2) is 4.79 Å². The number of carboxylic acid groups (broad SMARTS) is 1. The van der Waals surface area contributed by atoms with Crippen LogP contribution in [0.3, 0.4) is 0 Å². The van der Waals surface area contributed by atoms with E-state index in [1.54, 1.807) is 40.6 Å². The van der Waals surface area contributed by atoms with E-state index in [1.165, 1.54) is 0 Å². The zero-order valence-electron chi connectivity index (χ0n) is 26.6. The van der Waals surface area contributed by atoms with Gasteiger partial charge < -0.3 is 28.8 Å². The van der Waals surface area contributed by atoms with Crippen molar-refractivity contribution >= 4 is 22.8 Å². The van der Waals surface area contributed by atoms with Crippen LogP contribution >= 0.6 is 0 Å². The highest BCUT2D eigenvalue weighted by atomic mass is 16.5. The number of aromatic carboxylic acids is 1. The van der Waals surface area contributed by atoms with Crippen molar-refractivity contribution in [2.75, 3.05) is 28.4 Å². The molecule has 7 rings (SSSR count). The molecule has 0 bridgehead atoms. The predicted octanol–water partition coefficient (Wildman–Crippen LogP) is 8.23. The van der Waals surface area contributed by atoms with Gasteiger partial charge in [-0.1, -0.05) is 50.3 Å². The lowest BCUT2D eigenvalue weighted by atomic mass is 9.76. The lowest BCUT2D eigenvalue weighted by Gasteiger charge is -2.38. The number of ether oxygens (including phenoxy) is 5. The molecule has 1 heterocycles. The number of carboxylic acids is 1. The summed E-state index contributed by atoms with van der Waals surface area (Å²) in [7, 11) is 6.54. The van der Waals surface area contributed by atoms with Gasteiger partial charge in [-0.05, 0) is 82.2 Å². The fourth-order valence-electron chi connectivity index (χ4n) is 7.10. The summed E-state index contributed by atoms with van der Waals surface area (Å²) in [5.74, 6) is 2.40. The van der Waals surface area contributed by atoms with Crippen LogP contribution in [0.1, 0.15) is 52.0 Å². The Balaban J connectivity index is 1.57. The van der Waals surface area contributed by atoms with Crippen LogP contribution in [0.15, 0.2) is 84.9 Å². The summed E-state index contributed by atoms with van der Waals surface area (Å²) in [6.07, 6.45) is 4.25. The number of hydrogen-bond acceptors (Lipinski definition) is 6. The second-order valence-corrected chi connectivity index (χ2v) is 12.1. The van der Waals surface area contributed by atoms with Crippen LogP contribution in [0, 0.1) is 0 Å². The van der Waals surface area contributed by atoms with Gasteiger partial charge in [0.25, 0.3) is 0 Å². The minimum absolute atomic E-state index is 0.252. The van der Waals surface area contributed by atoms with Crippen molar-refractivity contribution in [1.82, 2.24) is 0 Å². The lowest BCUT2D eigenvalue weighted by molar-refractivity contribution is 0.0696. The van der Waals surface area contributed by atoms with Crippen LogP contribution in [0.25, 0.3) is 28.0 Å². The molecule has 2 aliphatic rings. The molecule has 0 atom stereocenters. The molecule has 0 spiro atoms. The molecular weight excluding hydrogens is 580 g/mol. The third kappa shape index (κ3) is 4.15. The topological polar surface area (TPSA) is 83.5 Å². The number of hydrogen-bond donors (Lipinski definition) is 1. The van der Waals surface area contributed by atoms with Gasteiger partial charge in [0.15, 0.2) is 17.1 Å². The molecule has 1 aliphatic heterocycles. The highest BCUT2D eigenvalue weighted by Crippen LogP contribution is 2.59. The first-order valence-corrected chi connectivity index (χ1v) is 15.0. The molecule has 46 heavy (non-hydrogen) atoms. The van der Waals surface area contributed by atoms with E-state index < -0.39 is 17.0 Å². The molecule has 232 valence electrons. The summed E-state index contributed by atoms with van der Waals surface area (Å²) in [4.78, 5) is 12.0. The molecule has 1 aliphatic carbocycles. The normalized spacial score (nSPS) is 14.9. The molecule has 0 amide bonds. The van der Waals surface area contributed by atoms with Crippen LogP contribution in [0.4, 0.5) is 0 Å². The van der Waals surface area contributed by atoms with E-state index in [9.17, 15) is 9.90 Å².